The van der Waals surface area contributed by atoms with Gasteiger partial charge in [0.05, 0.1) is 19.4 Å². The number of cyclic esters (lactones) is 1. The third-order valence-corrected chi connectivity index (χ3v) is 3.88. The van der Waals surface area contributed by atoms with Crippen LogP contribution in [0, 0.1) is 17.2 Å². The lowest BCUT2D eigenvalue weighted by Crippen LogP contribution is -2.48. The lowest BCUT2D eigenvalue weighted by molar-refractivity contribution is -0.181. The summed E-state index contributed by atoms with van der Waals surface area (Å²) < 4.78 is 23.0. The van der Waals surface area contributed by atoms with E-state index in [4.69, 9.17) is 4.74 Å². The molecular formula is C16H17FO5. The van der Waals surface area contributed by atoms with Gasteiger partial charge in [-0.15, -0.1) is 0 Å². The summed E-state index contributed by atoms with van der Waals surface area (Å²) >= 11 is 0. The highest BCUT2D eigenvalue weighted by molar-refractivity contribution is 6.07. The van der Waals surface area contributed by atoms with Gasteiger partial charge >= 0.3 is 11.9 Å². The molecule has 6 heteroatoms. The zero-order valence-corrected chi connectivity index (χ0v) is 12.6. The second kappa shape index (κ2) is 5.87. The average Bonchev–Trinajstić information content (AvgIpc) is 2.49. The maximum atomic E-state index is 13.0. The number of carbonyl (C=O) groups excluding carboxylic acids is 3. The molecule has 0 aromatic heterocycles. The average molecular weight is 308 g/mol. The summed E-state index contributed by atoms with van der Waals surface area (Å²) in [5, 5.41) is 0. The molecule has 1 aromatic rings. The van der Waals surface area contributed by atoms with Gasteiger partial charge in [-0.2, -0.15) is 0 Å². The van der Waals surface area contributed by atoms with Gasteiger partial charge in [0.25, 0.3) is 0 Å². The molecule has 1 aromatic carbocycles. The van der Waals surface area contributed by atoms with Gasteiger partial charge in [-0.3, -0.25) is 14.4 Å². The monoisotopic (exact) mass is 308 g/mol. The van der Waals surface area contributed by atoms with E-state index in [-0.39, 0.29) is 12.2 Å². The zero-order valence-electron chi connectivity index (χ0n) is 12.6. The largest absolute Gasteiger partial charge is 0.469 e. The van der Waals surface area contributed by atoms with Gasteiger partial charge in [0.2, 0.25) is 0 Å². The van der Waals surface area contributed by atoms with Crippen LogP contribution in [0.3, 0.4) is 0 Å². The Bertz CT molecular complexity index is 605. The lowest BCUT2D eigenvalue weighted by Gasteiger charge is -2.37. The molecule has 1 aliphatic heterocycles. The molecule has 2 atom stereocenters. The summed E-state index contributed by atoms with van der Waals surface area (Å²) in [5.74, 6) is -2.91. The summed E-state index contributed by atoms with van der Waals surface area (Å²) in [5.41, 5.74) is -0.859. The molecule has 22 heavy (non-hydrogen) atoms. The quantitative estimate of drug-likeness (QED) is 0.632. The molecule has 1 heterocycles. The fourth-order valence-electron chi connectivity index (χ4n) is 2.46. The number of hydrogen-bond donors (Lipinski definition) is 0. The molecule has 0 amide bonds. The van der Waals surface area contributed by atoms with Crippen molar-refractivity contribution in [3.05, 3.63) is 35.6 Å². The number of hydrogen-bond acceptors (Lipinski definition) is 5. The molecule has 1 saturated heterocycles. The van der Waals surface area contributed by atoms with Crippen LogP contribution < -0.4 is 0 Å². The van der Waals surface area contributed by atoms with E-state index in [1.54, 1.807) is 0 Å². The molecule has 0 N–H and O–H groups in total. The molecule has 118 valence electrons. The normalized spacial score (nSPS) is 23.8. The number of halogens is 1. The number of ketones is 1. The summed E-state index contributed by atoms with van der Waals surface area (Å²) in [6.45, 7) is 2.92. The van der Waals surface area contributed by atoms with Crippen molar-refractivity contribution >= 4 is 17.7 Å². The lowest BCUT2D eigenvalue weighted by atomic mass is 9.74. The Morgan fingerprint density at radius 2 is 1.86 bits per heavy atom. The highest BCUT2D eigenvalue weighted by Crippen LogP contribution is 2.41. The minimum Gasteiger partial charge on any atom is -0.469 e. The third kappa shape index (κ3) is 2.86. The van der Waals surface area contributed by atoms with Gasteiger partial charge in [-0.25, -0.2) is 4.39 Å². The molecule has 0 bridgehead atoms. The predicted octanol–water partition coefficient (Wildman–Crippen LogP) is 2.20. The summed E-state index contributed by atoms with van der Waals surface area (Å²) in [7, 11) is 1.22. The van der Waals surface area contributed by atoms with Crippen molar-refractivity contribution in [1.29, 1.82) is 0 Å². The van der Waals surface area contributed by atoms with Gasteiger partial charge in [0.15, 0.2) is 5.78 Å². The maximum absolute atomic E-state index is 13.0. The van der Waals surface area contributed by atoms with Crippen molar-refractivity contribution in [3.8, 4) is 0 Å². The predicted molar refractivity (Wildman–Crippen MR) is 74.1 cm³/mol. The van der Waals surface area contributed by atoms with E-state index in [9.17, 15) is 18.8 Å². The first-order chi connectivity index (χ1) is 10.3. The van der Waals surface area contributed by atoms with Crippen molar-refractivity contribution in [2.45, 2.75) is 26.4 Å². The molecule has 0 spiro atoms. The first-order valence-electron chi connectivity index (χ1n) is 6.85. The van der Waals surface area contributed by atoms with Gasteiger partial charge in [-0.05, 0) is 31.5 Å². The topological polar surface area (TPSA) is 69.7 Å². The van der Waals surface area contributed by atoms with Crippen LogP contribution in [-0.2, 0) is 23.9 Å². The number of rotatable bonds is 3. The summed E-state index contributed by atoms with van der Waals surface area (Å²) in [6, 6.07) is 5.29. The van der Waals surface area contributed by atoms with Crippen molar-refractivity contribution in [1.82, 2.24) is 0 Å². The number of ether oxygens (including phenoxy) is 2. The fraction of sp³-hybridized carbons (Fsp3) is 0.438. The molecular weight excluding hydrogens is 291 g/mol. The number of methoxy groups -OCH3 is 1. The van der Waals surface area contributed by atoms with E-state index in [1.807, 2.05) is 0 Å². The molecule has 1 aliphatic rings. The Kier molecular flexibility index (Phi) is 4.30. The van der Waals surface area contributed by atoms with Crippen molar-refractivity contribution in [3.63, 3.8) is 0 Å². The van der Waals surface area contributed by atoms with Gasteiger partial charge in [0.1, 0.15) is 17.3 Å². The van der Waals surface area contributed by atoms with Gasteiger partial charge in [-0.1, -0.05) is 12.1 Å². The standard InChI is InChI=1S/C16H17FO5/c1-16(2)14(19)11(8-12(18)21-3)13(22-15(16)20)9-4-6-10(17)7-5-9/h4-7,11,13H,8H2,1-3H3/t11-,13+/m1/s1. The van der Waals surface area contributed by atoms with Crippen molar-refractivity contribution in [2.75, 3.05) is 7.11 Å². The van der Waals surface area contributed by atoms with Crippen LogP contribution in [0.5, 0.6) is 0 Å². The van der Waals surface area contributed by atoms with E-state index in [0.29, 0.717) is 5.56 Å². The molecule has 2 rings (SSSR count). The fourth-order valence-corrected chi connectivity index (χ4v) is 2.46. The maximum Gasteiger partial charge on any atom is 0.319 e. The SMILES string of the molecule is COC(=O)C[C@H]1C(=O)C(C)(C)C(=O)O[C@H]1c1ccc(F)cc1. The van der Waals surface area contributed by atoms with E-state index < -0.39 is 35.2 Å². The number of Topliss-reactive ketones (excluding diaryl/α,β-unsaturated/α-hetero) is 1. The molecule has 0 aliphatic carbocycles. The van der Waals surface area contributed by atoms with Crippen LogP contribution in [0.2, 0.25) is 0 Å². The summed E-state index contributed by atoms with van der Waals surface area (Å²) in [6.07, 6.45) is -1.12. The molecule has 0 radical (unpaired) electrons. The first-order valence-corrected chi connectivity index (χ1v) is 6.85. The van der Waals surface area contributed by atoms with Gasteiger partial charge < -0.3 is 9.47 Å². The van der Waals surface area contributed by atoms with E-state index >= 15 is 0 Å². The highest BCUT2D eigenvalue weighted by Gasteiger charge is 2.51. The summed E-state index contributed by atoms with van der Waals surface area (Å²) in [4.78, 5) is 36.2. The number of benzene rings is 1. The smallest absolute Gasteiger partial charge is 0.319 e. The van der Waals surface area contributed by atoms with Crippen LogP contribution >= 0.6 is 0 Å². The van der Waals surface area contributed by atoms with Crippen molar-refractivity contribution in [2.24, 2.45) is 11.3 Å². The molecule has 1 fully saturated rings. The van der Waals surface area contributed by atoms with Crippen LogP contribution in [0.4, 0.5) is 4.39 Å². The van der Waals surface area contributed by atoms with Crippen LogP contribution in [0.1, 0.15) is 31.9 Å². The Balaban J connectivity index is 2.39. The Hall–Kier alpha value is -2.24. The second-order valence-corrected chi connectivity index (χ2v) is 5.75. The zero-order chi connectivity index (χ0) is 16.5. The van der Waals surface area contributed by atoms with Crippen LogP contribution in [0.25, 0.3) is 0 Å². The Morgan fingerprint density at radius 3 is 2.41 bits per heavy atom. The van der Waals surface area contributed by atoms with E-state index in [0.717, 1.165) is 0 Å². The first kappa shape index (κ1) is 16.1. The molecule has 0 saturated carbocycles. The highest BCUT2D eigenvalue weighted by atomic mass is 19.1. The minimum atomic E-state index is -1.32. The number of esters is 2. The van der Waals surface area contributed by atoms with E-state index in [1.165, 1.54) is 45.2 Å². The van der Waals surface area contributed by atoms with Crippen LogP contribution in [0.15, 0.2) is 24.3 Å². The Morgan fingerprint density at radius 1 is 1.27 bits per heavy atom. The molecule has 5 nitrogen and oxygen atoms in total. The Labute approximate surface area is 127 Å². The van der Waals surface area contributed by atoms with E-state index in [2.05, 4.69) is 4.74 Å². The van der Waals surface area contributed by atoms with Gasteiger partial charge in [0, 0.05) is 0 Å². The van der Waals surface area contributed by atoms with Crippen molar-refractivity contribution < 1.29 is 28.2 Å². The van der Waals surface area contributed by atoms with Crippen LogP contribution in [-0.4, -0.2) is 24.8 Å². The number of carbonyl (C=O) groups is 3. The minimum absolute atomic E-state index is 0.200. The third-order valence-electron chi connectivity index (χ3n) is 3.88. The molecule has 0 unspecified atom stereocenters. The second-order valence-electron chi connectivity index (χ2n) is 5.75.